The van der Waals surface area contributed by atoms with Crippen molar-refractivity contribution in [2.75, 3.05) is 19.0 Å². The van der Waals surface area contributed by atoms with Crippen LogP contribution >= 0.6 is 0 Å². The summed E-state index contributed by atoms with van der Waals surface area (Å²) >= 11 is 0. The molecule has 0 saturated heterocycles. The van der Waals surface area contributed by atoms with Crippen molar-refractivity contribution in [2.45, 2.75) is 20.8 Å². The SMILES string of the molecule is COc1c(NCC(C)(C)C)nc[nH]c1=O. The number of nitrogens with one attached hydrogen (secondary N) is 2. The molecule has 0 aromatic carbocycles. The van der Waals surface area contributed by atoms with Gasteiger partial charge in [0.15, 0.2) is 5.82 Å². The highest BCUT2D eigenvalue weighted by Crippen LogP contribution is 2.18. The molecule has 1 heterocycles. The van der Waals surface area contributed by atoms with Crippen LogP contribution in [0.15, 0.2) is 11.1 Å². The number of nitrogens with zero attached hydrogens (tertiary/aromatic N) is 1. The van der Waals surface area contributed by atoms with Crippen LogP contribution in [-0.4, -0.2) is 23.6 Å². The van der Waals surface area contributed by atoms with E-state index in [1.165, 1.54) is 13.4 Å². The molecule has 0 aliphatic carbocycles. The molecule has 0 aliphatic heterocycles. The Balaban J connectivity index is 2.86. The van der Waals surface area contributed by atoms with E-state index in [-0.39, 0.29) is 16.7 Å². The number of anilines is 1. The molecule has 0 atom stereocenters. The number of H-pyrrole nitrogens is 1. The first-order chi connectivity index (χ1) is 6.94. The van der Waals surface area contributed by atoms with Crippen molar-refractivity contribution in [3.63, 3.8) is 0 Å². The third-order valence-electron chi connectivity index (χ3n) is 1.80. The van der Waals surface area contributed by atoms with E-state index in [9.17, 15) is 4.79 Å². The molecule has 1 aromatic heterocycles. The first-order valence-corrected chi connectivity index (χ1v) is 4.79. The minimum Gasteiger partial charge on any atom is -0.489 e. The second-order valence-corrected chi connectivity index (χ2v) is 4.53. The first kappa shape index (κ1) is 11.6. The van der Waals surface area contributed by atoms with Crippen molar-refractivity contribution >= 4 is 5.82 Å². The van der Waals surface area contributed by atoms with Crippen LogP contribution in [0.4, 0.5) is 5.82 Å². The predicted molar refractivity (Wildman–Crippen MR) is 59.4 cm³/mol. The zero-order valence-electron chi connectivity index (χ0n) is 9.55. The second-order valence-electron chi connectivity index (χ2n) is 4.53. The van der Waals surface area contributed by atoms with Crippen LogP contribution in [0, 0.1) is 5.41 Å². The lowest BCUT2D eigenvalue weighted by Crippen LogP contribution is -2.22. The van der Waals surface area contributed by atoms with Gasteiger partial charge in [0.1, 0.15) is 0 Å². The summed E-state index contributed by atoms with van der Waals surface area (Å²) in [5, 5.41) is 3.09. The van der Waals surface area contributed by atoms with Gasteiger partial charge >= 0.3 is 0 Å². The highest BCUT2D eigenvalue weighted by molar-refractivity contribution is 5.47. The first-order valence-electron chi connectivity index (χ1n) is 4.79. The molecule has 1 aromatic rings. The molecule has 0 fully saturated rings. The molecule has 1 rings (SSSR count). The fraction of sp³-hybridized carbons (Fsp3) is 0.600. The number of hydrogen-bond acceptors (Lipinski definition) is 4. The Hall–Kier alpha value is -1.52. The lowest BCUT2D eigenvalue weighted by molar-refractivity contribution is 0.404. The molecule has 0 unspecified atom stereocenters. The molecular formula is C10H17N3O2. The molecule has 0 bridgehead atoms. The standard InChI is InChI=1S/C10H17N3O2/c1-10(2,3)5-11-8-7(15-4)9(14)13-6-12-8/h6H,5H2,1-4H3,(H2,11,12,13,14). The lowest BCUT2D eigenvalue weighted by Gasteiger charge is -2.19. The Kier molecular flexibility index (Phi) is 3.34. The molecule has 2 N–H and O–H groups in total. The Bertz CT molecular complexity index is 379. The minimum atomic E-state index is -0.274. The topological polar surface area (TPSA) is 67.0 Å². The molecule has 5 heteroatoms. The third kappa shape index (κ3) is 3.27. The van der Waals surface area contributed by atoms with Crippen molar-refractivity contribution in [1.82, 2.24) is 9.97 Å². The average Bonchev–Trinajstić information content (AvgIpc) is 2.13. The largest absolute Gasteiger partial charge is 0.489 e. The Labute approximate surface area is 88.9 Å². The quantitative estimate of drug-likeness (QED) is 0.789. The lowest BCUT2D eigenvalue weighted by atomic mass is 9.97. The second kappa shape index (κ2) is 4.33. The molecule has 0 amide bonds. The number of aromatic nitrogens is 2. The van der Waals surface area contributed by atoms with Gasteiger partial charge in [-0.1, -0.05) is 20.8 Å². The maximum absolute atomic E-state index is 11.3. The van der Waals surface area contributed by atoms with Crippen LogP contribution in [0.1, 0.15) is 20.8 Å². The van der Waals surface area contributed by atoms with Gasteiger partial charge in [-0.25, -0.2) is 4.98 Å². The van der Waals surface area contributed by atoms with E-state index in [1.807, 2.05) is 0 Å². The molecule has 0 aliphatic rings. The van der Waals surface area contributed by atoms with Crippen molar-refractivity contribution in [3.05, 3.63) is 16.7 Å². The predicted octanol–water partition coefficient (Wildman–Crippen LogP) is 1.24. The normalized spacial score (nSPS) is 11.2. The van der Waals surface area contributed by atoms with Gasteiger partial charge in [0, 0.05) is 6.54 Å². The number of methoxy groups -OCH3 is 1. The zero-order chi connectivity index (χ0) is 11.5. The summed E-state index contributed by atoms with van der Waals surface area (Å²) in [6.45, 7) is 7.01. The minimum absolute atomic E-state index is 0.120. The van der Waals surface area contributed by atoms with Crippen LogP contribution in [-0.2, 0) is 0 Å². The Morgan fingerprint density at radius 3 is 2.73 bits per heavy atom. The van der Waals surface area contributed by atoms with E-state index >= 15 is 0 Å². The van der Waals surface area contributed by atoms with Gasteiger partial charge in [0.05, 0.1) is 13.4 Å². The van der Waals surface area contributed by atoms with Gasteiger partial charge < -0.3 is 15.0 Å². The van der Waals surface area contributed by atoms with Gasteiger partial charge in [0.2, 0.25) is 5.75 Å². The van der Waals surface area contributed by atoms with Gasteiger partial charge in [-0.05, 0) is 5.41 Å². The van der Waals surface area contributed by atoms with Crippen LogP contribution in [0.2, 0.25) is 0 Å². The van der Waals surface area contributed by atoms with Gasteiger partial charge in [-0.3, -0.25) is 4.79 Å². The van der Waals surface area contributed by atoms with E-state index < -0.39 is 0 Å². The summed E-state index contributed by atoms with van der Waals surface area (Å²) in [5.74, 6) is 0.706. The van der Waals surface area contributed by atoms with Crippen LogP contribution < -0.4 is 15.6 Å². The summed E-state index contributed by atoms with van der Waals surface area (Å²) in [6.07, 6.45) is 1.36. The van der Waals surface area contributed by atoms with E-state index in [1.54, 1.807) is 0 Å². The van der Waals surface area contributed by atoms with Crippen LogP contribution in [0.3, 0.4) is 0 Å². The summed E-state index contributed by atoms with van der Waals surface area (Å²) in [6, 6.07) is 0. The molecule has 0 saturated carbocycles. The number of aromatic amines is 1. The van der Waals surface area contributed by atoms with Crippen molar-refractivity contribution < 1.29 is 4.74 Å². The van der Waals surface area contributed by atoms with E-state index in [0.29, 0.717) is 5.82 Å². The Morgan fingerprint density at radius 2 is 2.20 bits per heavy atom. The third-order valence-corrected chi connectivity index (χ3v) is 1.80. The summed E-state index contributed by atoms with van der Waals surface area (Å²) in [4.78, 5) is 17.8. The van der Waals surface area contributed by atoms with Crippen molar-refractivity contribution in [1.29, 1.82) is 0 Å². The van der Waals surface area contributed by atoms with Crippen LogP contribution in [0.5, 0.6) is 5.75 Å². The Morgan fingerprint density at radius 1 is 1.53 bits per heavy atom. The van der Waals surface area contributed by atoms with E-state index in [4.69, 9.17) is 4.74 Å². The number of hydrogen-bond donors (Lipinski definition) is 2. The molecule has 84 valence electrons. The van der Waals surface area contributed by atoms with Gasteiger partial charge in [0.25, 0.3) is 5.56 Å². The highest BCUT2D eigenvalue weighted by atomic mass is 16.5. The summed E-state index contributed by atoms with van der Waals surface area (Å²) < 4.78 is 4.97. The monoisotopic (exact) mass is 211 g/mol. The smallest absolute Gasteiger partial charge is 0.295 e. The van der Waals surface area contributed by atoms with E-state index in [2.05, 4.69) is 36.1 Å². The van der Waals surface area contributed by atoms with Crippen molar-refractivity contribution in [3.8, 4) is 5.75 Å². The molecule has 15 heavy (non-hydrogen) atoms. The summed E-state index contributed by atoms with van der Waals surface area (Å²) in [7, 11) is 1.45. The summed E-state index contributed by atoms with van der Waals surface area (Å²) in [5.41, 5.74) is -0.154. The highest BCUT2D eigenvalue weighted by Gasteiger charge is 2.13. The molecule has 0 spiro atoms. The maximum atomic E-state index is 11.3. The molecule has 0 radical (unpaired) electrons. The average molecular weight is 211 g/mol. The number of ether oxygens (including phenoxy) is 1. The zero-order valence-corrected chi connectivity index (χ0v) is 9.55. The maximum Gasteiger partial charge on any atom is 0.295 e. The van der Waals surface area contributed by atoms with Crippen molar-refractivity contribution in [2.24, 2.45) is 5.41 Å². The van der Waals surface area contributed by atoms with Crippen LogP contribution in [0.25, 0.3) is 0 Å². The molecular weight excluding hydrogens is 194 g/mol. The number of rotatable bonds is 3. The van der Waals surface area contributed by atoms with Gasteiger partial charge in [-0.2, -0.15) is 0 Å². The van der Waals surface area contributed by atoms with E-state index in [0.717, 1.165) is 6.54 Å². The molecule has 5 nitrogen and oxygen atoms in total. The fourth-order valence-corrected chi connectivity index (χ4v) is 1.05. The fourth-order valence-electron chi connectivity index (χ4n) is 1.05. The van der Waals surface area contributed by atoms with Gasteiger partial charge in [-0.15, -0.1) is 0 Å².